The van der Waals surface area contributed by atoms with Gasteiger partial charge in [0.15, 0.2) is 0 Å². The molecule has 2 nitrogen and oxygen atoms in total. The second kappa shape index (κ2) is 9.78. The molecule has 0 bridgehead atoms. The van der Waals surface area contributed by atoms with E-state index in [2.05, 4.69) is 17.3 Å². The van der Waals surface area contributed by atoms with Crippen molar-refractivity contribution in [3.63, 3.8) is 0 Å². The van der Waals surface area contributed by atoms with Crippen molar-refractivity contribution in [1.82, 2.24) is 10.2 Å². The van der Waals surface area contributed by atoms with E-state index in [0.29, 0.717) is 0 Å². The first-order valence-corrected chi connectivity index (χ1v) is 9.29. The van der Waals surface area contributed by atoms with Gasteiger partial charge in [-0.25, -0.2) is 0 Å². The largest absolute Gasteiger partial charge is 0.311 e. The highest BCUT2D eigenvalue weighted by atomic mass is 15.1. The number of hydrogen-bond donors (Lipinski definition) is 1. The summed E-state index contributed by atoms with van der Waals surface area (Å²) in [6.07, 6.45) is 18.8. The van der Waals surface area contributed by atoms with E-state index in [0.717, 1.165) is 12.1 Å². The zero-order valence-electron chi connectivity index (χ0n) is 13.7. The van der Waals surface area contributed by atoms with Gasteiger partial charge >= 0.3 is 0 Å². The van der Waals surface area contributed by atoms with E-state index in [4.69, 9.17) is 0 Å². The molecule has 2 heteroatoms. The summed E-state index contributed by atoms with van der Waals surface area (Å²) in [7, 11) is 2.19. The molecule has 0 aromatic rings. The summed E-state index contributed by atoms with van der Waals surface area (Å²) in [6, 6.07) is 1.74. The van der Waals surface area contributed by atoms with Crippen LogP contribution in [0, 0.1) is 0 Å². The van der Waals surface area contributed by atoms with E-state index < -0.39 is 0 Å². The van der Waals surface area contributed by atoms with Crippen molar-refractivity contribution in [1.29, 1.82) is 0 Å². The molecule has 0 aromatic heterocycles. The SMILES string of the molecule is C1CCC(NC2CCCCC2)CC1.CN1CCCCC1. The van der Waals surface area contributed by atoms with Gasteiger partial charge in [-0.15, -0.1) is 0 Å². The van der Waals surface area contributed by atoms with Gasteiger partial charge in [0.25, 0.3) is 0 Å². The topological polar surface area (TPSA) is 15.3 Å². The third-order valence-electron chi connectivity index (χ3n) is 5.26. The van der Waals surface area contributed by atoms with Crippen LogP contribution >= 0.6 is 0 Å². The molecule has 0 amide bonds. The molecule has 1 heterocycles. The predicted octanol–water partition coefficient (Wildman–Crippen LogP) is 4.34. The maximum absolute atomic E-state index is 3.86. The van der Waals surface area contributed by atoms with Crippen LogP contribution in [0.5, 0.6) is 0 Å². The van der Waals surface area contributed by atoms with Crippen LogP contribution in [0.15, 0.2) is 0 Å². The van der Waals surface area contributed by atoms with Crippen molar-refractivity contribution < 1.29 is 0 Å². The molecule has 3 rings (SSSR count). The molecule has 0 radical (unpaired) electrons. The summed E-state index contributed by atoms with van der Waals surface area (Å²) >= 11 is 0. The Bertz CT molecular complexity index is 208. The summed E-state index contributed by atoms with van der Waals surface area (Å²) in [6.45, 7) is 2.64. The van der Waals surface area contributed by atoms with Crippen LogP contribution < -0.4 is 5.32 Å². The predicted molar refractivity (Wildman–Crippen MR) is 88.2 cm³/mol. The van der Waals surface area contributed by atoms with Crippen molar-refractivity contribution in [2.45, 2.75) is 95.6 Å². The molecule has 3 fully saturated rings. The Morgan fingerprint density at radius 2 is 1.00 bits per heavy atom. The van der Waals surface area contributed by atoms with E-state index in [1.807, 2.05) is 0 Å². The third-order valence-corrected chi connectivity index (χ3v) is 5.26. The van der Waals surface area contributed by atoms with Gasteiger partial charge in [-0.3, -0.25) is 0 Å². The van der Waals surface area contributed by atoms with E-state index in [1.165, 1.54) is 96.6 Å². The second-order valence-electron chi connectivity index (χ2n) is 7.20. The first kappa shape index (κ1) is 16.3. The summed E-state index contributed by atoms with van der Waals surface area (Å²) in [4.78, 5) is 2.39. The van der Waals surface area contributed by atoms with E-state index in [9.17, 15) is 0 Å². The lowest BCUT2D eigenvalue weighted by Gasteiger charge is -2.30. The van der Waals surface area contributed by atoms with Gasteiger partial charge in [-0.1, -0.05) is 44.9 Å². The lowest BCUT2D eigenvalue weighted by atomic mass is 9.91. The normalized spacial score (nSPS) is 26.9. The molecule has 20 heavy (non-hydrogen) atoms. The molecule has 0 aromatic carbocycles. The van der Waals surface area contributed by atoms with Gasteiger partial charge in [0, 0.05) is 12.1 Å². The lowest BCUT2D eigenvalue weighted by Crippen LogP contribution is -2.40. The first-order valence-electron chi connectivity index (χ1n) is 9.29. The lowest BCUT2D eigenvalue weighted by molar-refractivity contribution is 0.277. The molecule has 0 unspecified atom stereocenters. The van der Waals surface area contributed by atoms with Gasteiger partial charge in [0.05, 0.1) is 0 Å². The molecule has 1 saturated heterocycles. The summed E-state index contributed by atoms with van der Waals surface area (Å²) in [5.41, 5.74) is 0. The fraction of sp³-hybridized carbons (Fsp3) is 1.00. The molecule has 118 valence electrons. The smallest absolute Gasteiger partial charge is 0.00696 e. The second-order valence-corrected chi connectivity index (χ2v) is 7.20. The van der Waals surface area contributed by atoms with Gasteiger partial charge in [0.1, 0.15) is 0 Å². The summed E-state index contributed by atoms with van der Waals surface area (Å²) in [5.74, 6) is 0. The Morgan fingerprint density at radius 1 is 0.600 bits per heavy atom. The van der Waals surface area contributed by atoms with Crippen molar-refractivity contribution in [2.75, 3.05) is 20.1 Å². The van der Waals surface area contributed by atoms with Gasteiger partial charge in [-0.2, -0.15) is 0 Å². The molecule has 0 atom stereocenters. The molecule has 1 N–H and O–H groups in total. The fourth-order valence-electron chi connectivity index (χ4n) is 3.92. The van der Waals surface area contributed by atoms with Crippen LogP contribution in [0.4, 0.5) is 0 Å². The van der Waals surface area contributed by atoms with Gasteiger partial charge in [0.2, 0.25) is 0 Å². The minimum absolute atomic E-state index is 0.872. The van der Waals surface area contributed by atoms with Crippen molar-refractivity contribution in [2.24, 2.45) is 0 Å². The Kier molecular flexibility index (Phi) is 7.97. The molecule has 0 spiro atoms. The van der Waals surface area contributed by atoms with Crippen molar-refractivity contribution in [3.8, 4) is 0 Å². The molecule has 2 aliphatic carbocycles. The molecule has 1 aliphatic heterocycles. The van der Waals surface area contributed by atoms with Gasteiger partial charge < -0.3 is 10.2 Å². The van der Waals surface area contributed by atoms with E-state index in [1.54, 1.807) is 0 Å². The number of likely N-dealkylation sites (tertiary alicyclic amines) is 1. The summed E-state index contributed by atoms with van der Waals surface area (Å²) < 4.78 is 0. The quantitative estimate of drug-likeness (QED) is 0.809. The standard InChI is InChI=1S/C12H23N.C6H13N/c1-3-7-11(8-4-1)13-12-9-5-2-6-10-12;1-7-5-3-2-4-6-7/h11-13H,1-10H2;2-6H2,1H3. The average Bonchev–Trinajstić information content (AvgIpc) is 2.51. The minimum atomic E-state index is 0.872. The summed E-state index contributed by atoms with van der Waals surface area (Å²) in [5, 5.41) is 3.86. The van der Waals surface area contributed by atoms with E-state index >= 15 is 0 Å². The van der Waals surface area contributed by atoms with Crippen LogP contribution in [-0.2, 0) is 0 Å². The number of hydrogen-bond acceptors (Lipinski definition) is 2. The number of piperidine rings is 1. The van der Waals surface area contributed by atoms with E-state index in [-0.39, 0.29) is 0 Å². The number of rotatable bonds is 2. The maximum Gasteiger partial charge on any atom is 0.00696 e. The highest BCUT2D eigenvalue weighted by Gasteiger charge is 2.19. The first-order chi connectivity index (χ1) is 9.84. The van der Waals surface area contributed by atoms with Crippen molar-refractivity contribution >= 4 is 0 Å². The monoisotopic (exact) mass is 280 g/mol. The Balaban J connectivity index is 0.000000178. The highest BCUT2D eigenvalue weighted by molar-refractivity contribution is 4.79. The molecular weight excluding hydrogens is 244 g/mol. The van der Waals surface area contributed by atoms with Crippen LogP contribution in [0.25, 0.3) is 0 Å². The Morgan fingerprint density at radius 3 is 1.35 bits per heavy atom. The van der Waals surface area contributed by atoms with Crippen LogP contribution in [0.1, 0.15) is 83.5 Å². The van der Waals surface area contributed by atoms with Crippen LogP contribution in [0.3, 0.4) is 0 Å². The highest BCUT2D eigenvalue weighted by Crippen LogP contribution is 2.22. The average molecular weight is 280 g/mol. The van der Waals surface area contributed by atoms with Crippen molar-refractivity contribution in [3.05, 3.63) is 0 Å². The van der Waals surface area contributed by atoms with Crippen LogP contribution in [-0.4, -0.2) is 37.1 Å². The Hall–Kier alpha value is -0.0800. The maximum atomic E-state index is 3.86. The number of nitrogens with zero attached hydrogens (tertiary/aromatic N) is 1. The molecule has 3 aliphatic rings. The molecule has 2 saturated carbocycles. The van der Waals surface area contributed by atoms with Crippen LogP contribution in [0.2, 0.25) is 0 Å². The Labute approximate surface area is 126 Å². The fourth-order valence-corrected chi connectivity index (χ4v) is 3.92. The third kappa shape index (κ3) is 6.58. The zero-order valence-corrected chi connectivity index (χ0v) is 13.7. The number of nitrogens with one attached hydrogen (secondary N) is 1. The molecular formula is C18H36N2. The van der Waals surface area contributed by atoms with Gasteiger partial charge in [-0.05, 0) is 58.7 Å². The minimum Gasteiger partial charge on any atom is -0.311 e. The zero-order chi connectivity index (χ0) is 14.0.